The first-order chi connectivity index (χ1) is 36.0. The number of nitrogens with zero attached hydrogens (tertiary/aromatic N) is 2. The lowest BCUT2D eigenvalue weighted by Crippen LogP contribution is -2.12. The minimum absolute atomic E-state index is 0.0173. The number of anilines is 3. The molecule has 0 atom stereocenters. The third-order valence-electron chi connectivity index (χ3n) is 15.5. The number of para-hydroxylation sites is 1. The van der Waals surface area contributed by atoms with Crippen LogP contribution in [0, 0.1) is 0 Å². The number of hydrogen-bond donors (Lipinski definition) is 0. The molecule has 12 aromatic carbocycles. The lowest BCUT2D eigenvalue weighted by Gasteiger charge is -2.30. The molecule has 0 amide bonds. The summed E-state index contributed by atoms with van der Waals surface area (Å²) in [5, 5.41) is 10.0. The highest BCUT2D eigenvalue weighted by atomic mass is 15.1. The molecule has 0 aliphatic heterocycles. The van der Waals surface area contributed by atoms with Crippen LogP contribution in [0.15, 0.2) is 243 Å². The van der Waals surface area contributed by atoms with Crippen molar-refractivity contribution >= 4 is 71.2 Å². The average Bonchev–Trinajstić information content (AvgIpc) is 3.76. The molecule has 0 bridgehead atoms. The Kier molecular flexibility index (Phi) is 10.7. The molecule has 0 saturated heterocycles. The second kappa shape index (κ2) is 17.5. The highest BCUT2D eigenvalue weighted by Gasteiger charge is 2.26. The van der Waals surface area contributed by atoms with E-state index in [9.17, 15) is 0 Å². The summed E-state index contributed by atoms with van der Waals surface area (Å²) in [5.41, 5.74) is 19.1. The van der Waals surface area contributed by atoms with Crippen molar-refractivity contribution < 1.29 is 0 Å². The lowest BCUT2D eigenvalue weighted by molar-refractivity contribution is 0.590. The Morgan fingerprint density at radius 1 is 0.311 bits per heavy atom. The minimum atomic E-state index is 0.0173. The van der Waals surface area contributed by atoms with Crippen molar-refractivity contribution in [2.45, 2.75) is 52.4 Å². The number of rotatable bonds is 8. The molecule has 2 nitrogen and oxygen atoms in total. The first-order valence-electron chi connectivity index (χ1n) is 26.1. The predicted molar refractivity (Wildman–Crippen MR) is 318 cm³/mol. The third kappa shape index (κ3) is 7.64. The number of benzene rings is 12. The number of hydrogen-bond acceptors (Lipinski definition) is 1. The summed E-state index contributed by atoms with van der Waals surface area (Å²) in [6.45, 7) is 13.9. The largest absolute Gasteiger partial charge is 0.309 e. The highest BCUT2D eigenvalue weighted by molar-refractivity contribution is 6.27. The van der Waals surface area contributed by atoms with E-state index in [4.69, 9.17) is 0 Å². The SMILES string of the molecule is CC(C)(C)c1ccc2c(c1)c1cc(C(C)(C)C)ccc1n2-c1ccc2ccc3c(N(c4cccc(-c5cccc(-c6ccccc6)c5)c4)c4ccccc4-c4ccccc4-c4ccccc4)ccc4ccc1c2c43. The molecule has 0 aliphatic carbocycles. The van der Waals surface area contributed by atoms with Gasteiger partial charge in [0.25, 0.3) is 0 Å². The Morgan fingerprint density at radius 2 is 0.797 bits per heavy atom. The molecule has 74 heavy (non-hydrogen) atoms. The molecule has 1 heterocycles. The van der Waals surface area contributed by atoms with Crippen LogP contribution in [0.4, 0.5) is 17.1 Å². The molecular weight excluding hydrogens is 893 g/mol. The van der Waals surface area contributed by atoms with Gasteiger partial charge in [0.05, 0.1) is 28.1 Å². The zero-order chi connectivity index (χ0) is 50.3. The summed E-state index contributed by atoms with van der Waals surface area (Å²) in [6.07, 6.45) is 0. The van der Waals surface area contributed by atoms with Gasteiger partial charge in [0.1, 0.15) is 0 Å². The van der Waals surface area contributed by atoms with Crippen LogP contribution in [0.2, 0.25) is 0 Å². The van der Waals surface area contributed by atoms with Crippen LogP contribution in [0.3, 0.4) is 0 Å². The molecule has 13 rings (SSSR count). The van der Waals surface area contributed by atoms with E-state index < -0.39 is 0 Å². The molecule has 13 aromatic rings. The molecule has 0 radical (unpaired) electrons. The van der Waals surface area contributed by atoms with E-state index in [1.54, 1.807) is 0 Å². The molecule has 1 aromatic heterocycles. The van der Waals surface area contributed by atoms with Crippen molar-refractivity contribution in [3.05, 3.63) is 254 Å². The molecular formula is C72H58N2. The van der Waals surface area contributed by atoms with Gasteiger partial charge in [-0.15, -0.1) is 0 Å². The average molecular weight is 951 g/mol. The zero-order valence-corrected chi connectivity index (χ0v) is 43.0. The maximum atomic E-state index is 2.53. The quantitative estimate of drug-likeness (QED) is 0.138. The molecule has 2 heteroatoms. The molecule has 0 N–H and O–H groups in total. The second-order valence-corrected chi connectivity index (χ2v) is 22.2. The van der Waals surface area contributed by atoms with Gasteiger partial charge in [-0.3, -0.25) is 0 Å². The van der Waals surface area contributed by atoms with Gasteiger partial charge in [-0.2, -0.15) is 0 Å². The van der Waals surface area contributed by atoms with Crippen LogP contribution in [0.5, 0.6) is 0 Å². The zero-order valence-electron chi connectivity index (χ0n) is 43.0. The van der Waals surface area contributed by atoms with Crippen molar-refractivity contribution in [1.82, 2.24) is 4.57 Å². The molecule has 0 spiro atoms. The van der Waals surface area contributed by atoms with E-state index in [-0.39, 0.29) is 10.8 Å². The summed E-state index contributed by atoms with van der Waals surface area (Å²) >= 11 is 0. The summed E-state index contributed by atoms with van der Waals surface area (Å²) in [5.74, 6) is 0. The Hall–Kier alpha value is -8.72. The molecule has 356 valence electrons. The van der Waals surface area contributed by atoms with E-state index in [1.807, 2.05) is 0 Å². The van der Waals surface area contributed by atoms with Crippen LogP contribution >= 0.6 is 0 Å². The maximum Gasteiger partial charge on any atom is 0.0541 e. The Bertz CT molecular complexity index is 4190. The fourth-order valence-electron chi connectivity index (χ4n) is 11.6. The van der Waals surface area contributed by atoms with Gasteiger partial charge in [-0.1, -0.05) is 224 Å². The lowest BCUT2D eigenvalue weighted by atomic mass is 9.85. The smallest absolute Gasteiger partial charge is 0.0541 e. The Balaban J connectivity index is 1.06. The highest BCUT2D eigenvalue weighted by Crippen LogP contribution is 2.49. The van der Waals surface area contributed by atoms with E-state index >= 15 is 0 Å². The Morgan fingerprint density at radius 3 is 1.45 bits per heavy atom. The van der Waals surface area contributed by atoms with Crippen molar-refractivity contribution in [1.29, 1.82) is 0 Å². The first kappa shape index (κ1) is 45.2. The van der Waals surface area contributed by atoms with Gasteiger partial charge in [-0.05, 0) is 143 Å². The van der Waals surface area contributed by atoms with Gasteiger partial charge in [0.2, 0.25) is 0 Å². The molecule has 0 aliphatic rings. The normalized spacial score (nSPS) is 12.2. The fourth-order valence-corrected chi connectivity index (χ4v) is 11.6. The summed E-state index contributed by atoms with van der Waals surface area (Å²) in [4.78, 5) is 2.51. The molecule has 0 unspecified atom stereocenters. The molecule has 0 saturated carbocycles. The summed E-state index contributed by atoms with van der Waals surface area (Å²) in [7, 11) is 0. The van der Waals surface area contributed by atoms with Crippen molar-refractivity contribution in [2.75, 3.05) is 4.90 Å². The van der Waals surface area contributed by atoms with Gasteiger partial charge in [0.15, 0.2) is 0 Å². The van der Waals surface area contributed by atoms with Gasteiger partial charge >= 0.3 is 0 Å². The third-order valence-corrected chi connectivity index (χ3v) is 15.5. The first-order valence-corrected chi connectivity index (χ1v) is 26.1. The second-order valence-electron chi connectivity index (χ2n) is 22.2. The van der Waals surface area contributed by atoms with Crippen LogP contribution < -0.4 is 4.90 Å². The predicted octanol–water partition coefficient (Wildman–Crippen LogP) is 20.4. The van der Waals surface area contributed by atoms with E-state index in [1.165, 1.54) is 104 Å². The maximum absolute atomic E-state index is 2.53. The van der Waals surface area contributed by atoms with Crippen molar-refractivity contribution in [3.63, 3.8) is 0 Å². The fraction of sp³-hybridized carbons (Fsp3) is 0.111. The monoisotopic (exact) mass is 950 g/mol. The Labute approximate surface area is 434 Å². The van der Waals surface area contributed by atoms with E-state index in [0.29, 0.717) is 0 Å². The van der Waals surface area contributed by atoms with Gasteiger partial charge in [-0.25, -0.2) is 0 Å². The van der Waals surface area contributed by atoms with Crippen LogP contribution in [-0.4, -0.2) is 4.57 Å². The van der Waals surface area contributed by atoms with Crippen LogP contribution in [0.25, 0.3) is 104 Å². The minimum Gasteiger partial charge on any atom is -0.309 e. The standard InChI is InChI=1S/C72H58N2/c1-71(2,3)54-35-41-67-62(45-54)63-46-55(72(4,5)6)36-42-68(63)74(67)66-40-34-50-31-37-60-65(39-33-49-32-38-61(66)70(50)69(49)60)73(56-26-18-25-53(44-56)52-24-17-23-51(43-52)47-19-9-7-10-20-47)64-30-16-15-29-59(64)58-28-14-13-27-57(58)48-21-11-8-12-22-48/h7-46H,1-6H3. The van der Waals surface area contributed by atoms with E-state index in [2.05, 4.69) is 294 Å². The molecule has 0 fully saturated rings. The van der Waals surface area contributed by atoms with Gasteiger partial charge < -0.3 is 9.47 Å². The number of aromatic nitrogens is 1. The van der Waals surface area contributed by atoms with E-state index in [0.717, 1.165) is 28.2 Å². The van der Waals surface area contributed by atoms with Gasteiger partial charge in [0, 0.05) is 32.8 Å². The summed E-state index contributed by atoms with van der Waals surface area (Å²) in [6, 6.07) is 90.4. The van der Waals surface area contributed by atoms with Crippen molar-refractivity contribution in [3.8, 4) is 50.2 Å². The number of fused-ring (bicyclic) bond motifs is 3. The van der Waals surface area contributed by atoms with Crippen LogP contribution in [0.1, 0.15) is 52.7 Å². The topological polar surface area (TPSA) is 8.17 Å². The van der Waals surface area contributed by atoms with Crippen LogP contribution in [-0.2, 0) is 10.8 Å². The van der Waals surface area contributed by atoms with Crippen molar-refractivity contribution in [2.24, 2.45) is 0 Å². The summed E-state index contributed by atoms with van der Waals surface area (Å²) < 4.78 is 2.53.